The third-order valence-corrected chi connectivity index (χ3v) is 4.95. The van der Waals surface area contributed by atoms with Gasteiger partial charge in [0.15, 0.2) is 9.84 Å². The zero-order valence-corrected chi connectivity index (χ0v) is 14.9. The van der Waals surface area contributed by atoms with E-state index in [-0.39, 0.29) is 22.4 Å². The summed E-state index contributed by atoms with van der Waals surface area (Å²) in [7, 11) is 0.421. The number of carbonyl (C=O) groups is 1. The minimum atomic E-state index is -3.46. The Labute approximate surface area is 143 Å². The fourth-order valence-corrected chi connectivity index (χ4v) is 3.42. The number of hydrogen-bond acceptors (Lipinski definition) is 4. The highest BCUT2D eigenvalue weighted by Crippen LogP contribution is 2.18. The number of amides is 1. The average Bonchev–Trinajstić information content (AvgIpc) is 2.54. The lowest BCUT2D eigenvalue weighted by Gasteiger charge is -2.25. The Bertz CT molecular complexity index is 802. The highest BCUT2D eigenvalue weighted by molar-refractivity contribution is 7.90. The number of nitrogens with zero attached hydrogens (tertiary/aromatic N) is 1. The molecule has 0 saturated carbocycles. The third-order valence-electron chi connectivity index (χ3n) is 3.79. The predicted octanol–water partition coefficient (Wildman–Crippen LogP) is 2.12. The van der Waals surface area contributed by atoms with E-state index in [0.717, 1.165) is 11.8 Å². The van der Waals surface area contributed by atoms with Crippen molar-refractivity contribution >= 4 is 15.7 Å². The summed E-state index contributed by atoms with van der Waals surface area (Å²) >= 11 is 0. The molecule has 0 bridgehead atoms. The van der Waals surface area contributed by atoms with E-state index in [4.69, 9.17) is 0 Å². The Balaban J connectivity index is 2.19. The maximum Gasteiger partial charge on any atom is 0.252 e. The number of benzene rings is 2. The quantitative estimate of drug-likeness (QED) is 0.870. The first kappa shape index (κ1) is 18.2. The van der Waals surface area contributed by atoms with Crippen LogP contribution < -0.4 is 5.32 Å². The molecule has 128 valence electrons. The van der Waals surface area contributed by atoms with Crippen molar-refractivity contribution in [3.63, 3.8) is 0 Å². The van der Waals surface area contributed by atoms with Crippen molar-refractivity contribution in [2.45, 2.75) is 10.9 Å². The zero-order valence-electron chi connectivity index (χ0n) is 14.1. The molecule has 0 fully saturated rings. The molecular formula is C18H22N2O3S. The van der Waals surface area contributed by atoms with Crippen molar-refractivity contribution in [3.8, 4) is 0 Å². The van der Waals surface area contributed by atoms with Crippen molar-refractivity contribution in [3.05, 3.63) is 65.7 Å². The number of carbonyl (C=O) groups excluding carboxylic acids is 1. The van der Waals surface area contributed by atoms with Gasteiger partial charge in [-0.25, -0.2) is 8.42 Å². The van der Waals surface area contributed by atoms with Crippen molar-refractivity contribution in [1.82, 2.24) is 10.2 Å². The molecule has 0 aliphatic carbocycles. The molecule has 0 saturated heterocycles. The molecule has 2 aromatic carbocycles. The lowest BCUT2D eigenvalue weighted by atomic mass is 10.1. The Morgan fingerprint density at radius 3 is 2.21 bits per heavy atom. The topological polar surface area (TPSA) is 66.5 Å². The van der Waals surface area contributed by atoms with E-state index in [1.54, 1.807) is 12.1 Å². The van der Waals surface area contributed by atoms with Crippen LogP contribution in [0.15, 0.2) is 59.5 Å². The summed E-state index contributed by atoms with van der Waals surface area (Å²) < 4.78 is 23.7. The minimum Gasteiger partial charge on any atom is -0.350 e. The molecule has 0 radical (unpaired) electrons. The highest BCUT2D eigenvalue weighted by Gasteiger charge is 2.20. The molecular weight excluding hydrogens is 324 g/mol. The van der Waals surface area contributed by atoms with Crippen LogP contribution in [0.25, 0.3) is 0 Å². The molecule has 6 heteroatoms. The van der Waals surface area contributed by atoms with Gasteiger partial charge in [-0.2, -0.15) is 0 Å². The normalized spacial score (nSPS) is 12.8. The first-order chi connectivity index (χ1) is 11.3. The van der Waals surface area contributed by atoms with Gasteiger partial charge < -0.3 is 10.2 Å². The maximum atomic E-state index is 12.5. The van der Waals surface area contributed by atoms with E-state index in [1.807, 2.05) is 49.3 Å². The molecule has 1 unspecified atom stereocenters. The fourth-order valence-electron chi connectivity index (χ4n) is 2.54. The molecule has 1 atom stereocenters. The van der Waals surface area contributed by atoms with Gasteiger partial charge in [0.1, 0.15) is 0 Å². The SMILES string of the molecule is CN(C)C(CNC(=O)c1ccccc1S(C)(=O)=O)c1ccccc1. The standard InChI is InChI=1S/C18H22N2O3S/c1-20(2)16(14-9-5-4-6-10-14)13-19-18(21)15-11-7-8-12-17(15)24(3,22)23/h4-12,16H,13H2,1-3H3,(H,19,21). The molecule has 2 rings (SSSR count). The van der Waals surface area contributed by atoms with Crippen LogP contribution in [0.2, 0.25) is 0 Å². The zero-order chi connectivity index (χ0) is 17.7. The molecule has 0 heterocycles. The van der Waals surface area contributed by atoms with Gasteiger partial charge in [-0.15, -0.1) is 0 Å². The average molecular weight is 346 g/mol. The Kier molecular flexibility index (Phi) is 5.75. The van der Waals surface area contributed by atoms with Gasteiger partial charge in [-0.05, 0) is 31.8 Å². The van der Waals surface area contributed by atoms with Crippen LogP contribution in [-0.2, 0) is 9.84 Å². The van der Waals surface area contributed by atoms with Gasteiger partial charge in [0.25, 0.3) is 5.91 Å². The molecule has 24 heavy (non-hydrogen) atoms. The van der Waals surface area contributed by atoms with Crippen LogP contribution >= 0.6 is 0 Å². The summed E-state index contributed by atoms with van der Waals surface area (Å²) in [6, 6.07) is 16.1. The first-order valence-electron chi connectivity index (χ1n) is 7.59. The monoisotopic (exact) mass is 346 g/mol. The van der Waals surface area contributed by atoms with Crippen LogP contribution in [0.4, 0.5) is 0 Å². The summed E-state index contributed by atoms with van der Waals surface area (Å²) in [6.45, 7) is 0.383. The Morgan fingerprint density at radius 2 is 1.62 bits per heavy atom. The summed E-state index contributed by atoms with van der Waals surface area (Å²) in [5, 5.41) is 2.85. The Morgan fingerprint density at radius 1 is 1.04 bits per heavy atom. The summed E-state index contributed by atoms with van der Waals surface area (Å²) in [4.78, 5) is 14.5. The number of rotatable bonds is 6. The Hall–Kier alpha value is -2.18. The van der Waals surface area contributed by atoms with E-state index >= 15 is 0 Å². The summed E-state index contributed by atoms with van der Waals surface area (Å²) in [5.74, 6) is -0.390. The van der Waals surface area contributed by atoms with E-state index in [0.29, 0.717) is 6.54 Å². The van der Waals surface area contributed by atoms with Crippen LogP contribution in [0.3, 0.4) is 0 Å². The number of likely N-dealkylation sites (N-methyl/N-ethyl adjacent to an activating group) is 1. The lowest BCUT2D eigenvalue weighted by molar-refractivity contribution is 0.0938. The second kappa shape index (κ2) is 7.59. The molecule has 1 amide bonds. The molecule has 0 aromatic heterocycles. The number of sulfone groups is 1. The molecule has 0 spiro atoms. The maximum absolute atomic E-state index is 12.5. The molecule has 1 N–H and O–H groups in total. The first-order valence-corrected chi connectivity index (χ1v) is 9.48. The van der Waals surface area contributed by atoms with E-state index < -0.39 is 9.84 Å². The largest absolute Gasteiger partial charge is 0.350 e. The molecule has 0 aliphatic rings. The summed E-state index contributed by atoms with van der Waals surface area (Å²) in [5.41, 5.74) is 1.25. The van der Waals surface area contributed by atoms with Gasteiger partial charge in [0.05, 0.1) is 16.5 Å². The predicted molar refractivity (Wildman–Crippen MR) is 94.8 cm³/mol. The third kappa shape index (κ3) is 4.43. The van der Waals surface area contributed by atoms with Crippen LogP contribution in [0.1, 0.15) is 22.0 Å². The smallest absolute Gasteiger partial charge is 0.252 e. The van der Waals surface area contributed by atoms with E-state index in [1.165, 1.54) is 12.1 Å². The minimum absolute atomic E-state index is 0.000505. The molecule has 0 aliphatic heterocycles. The second-order valence-electron chi connectivity index (χ2n) is 5.87. The number of nitrogens with one attached hydrogen (secondary N) is 1. The van der Waals surface area contributed by atoms with Crippen LogP contribution in [-0.4, -0.2) is 46.1 Å². The van der Waals surface area contributed by atoms with Gasteiger partial charge in [-0.3, -0.25) is 4.79 Å². The van der Waals surface area contributed by atoms with Crippen molar-refractivity contribution in [2.75, 3.05) is 26.9 Å². The molecule has 5 nitrogen and oxygen atoms in total. The van der Waals surface area contributed by atoms with E-state index in [9.17, 15) is 13.2 Å². The summed E-state index contributed by atoms with van der Waals surface area (Å²) in [6.07, 6.45) is 1.10. The molecule has 2 aromatic rings. The van der Waals surface area contributed by atoms with Gasteiger partial charge in [0.2, 0.25) is 0 Å². The second-order valence-corrected chi connectivity index (χ2v) is 7.85. The fraction of sp³-hybridized carbons (Fsp3) is 0.278. The lowest BCUT2D eigenvalue weighted by Crippen LogP contribution is -2.35. The van der Waals surface area contributed by atoms with Gasteiger partial charge in [-0.1, -0.05) is 42.5 Å². The highest BCUT2D eigenvalue weighted by atomic mass is 32.2. The van der Waals surface area contributed by atoms with Gasteiger partial charge >= 0.3 is 0 Å². The number of hydrogen-bond donors (Lipinski definition) is 1. The van der Waals surface area contributed by atoms with Gasteiger partial charge in [0, 0.05) is 12.8 Å². The van der Waals surface area contributed by atoms with Crippen LogP contribution in [0, 0.1) is 0 Å². The van der Waals surface area contributed by atoms with Crippen molar-refractivity contribution in [1.29, 1.82) is 0 Å². The van der Waals surface area contributed by atoms with Crippen molar-refractivity contribution in [2.24, 2.45) is 0 Å². The van der Waals surface area contributed by atoms with E-state index in [2.05, 4.69) is 5.32 Å². The van der Waals surface area contributed by atoms with Crippen molar-refractivity contribution < 1.29 is 13.2 Å². The van der Waals surface area contributed by atoms with Crippen LogP contribution in [0.5, 0.6) is 0 Å².